The number of ether oxygens (including phenoxy) is 1. The van der Waals surface area contributed by atoms with Crippen LogP contribution in [-0.2, 0) is 0 Å². The predicted molar refractivity (Wildman–Crippen MR) is 84.7 cm³/mol. The molecule has 0 atom stereocenters. The first kappa shape index (κ1) is 13.7. The average molecular weight is 316 g/mol. The summed E-state index contributed by atoms with van der Waals surface area (Å²) in [5.41, 5.74) is 2.75. The number of hydrogen-bond donors (Lipinski definition) is 1. The third-order valence-corrected chi connectivity index (χ3v) is 3.84. The quantitative estimate of drug-likeness (QED) is 0.720. The van der Waals surface area contributed by atoms with Gasteiger partial charge in [-0.25, -0.2) is 0 Å². The zero-order chi connectivity index (χ0) is 15.0. The molecule has 1 heterocycles. The average Bonchev–Trinajstić information content (AvgIpc) is 2.83. The van der Waals surface area contributed by atoms with Gasteiger partial charge < -0.3 is 9.72 Å². The molecule has 0 saturated heterocycles. The van der Waals surface area contributed by atoms with Crippen molar-refractivity contribution in [1.82, 2.24) is 9.55 Å². The first-order valence-electron chi connectivity index (χ1n) is 6.13. The van der Waals surface area contributed by atoms with E-state index in [9.17, 15) is 5.26 Å². The van der Waals surface area contributed by atoms with Gasteiger partial charge in [0, 0.05) is 6.07 Å². The van der Waals surface area contributed by atoms with Gasteiger partial charge in [-0.15, -0.1) is 0 Å². The molecule has 21 heavy (non-hydrogen) atoms. The van der Waals surface area contributed by atoms with Crippen molar-refractivity contribution in [2.24, 2.45) is 0 Å². The van der Waals surface area contributed by atoms with E-state index in [0.29, 0.717) is 32.3 Å². The van der Waals surface area contributed by atoms with Crippen LogP contribution in [0.1, 0.15) is 5.56 Å². The highest BCUT2D eigenvalue weighted by atomic mass is 35.5. The van der Waals surface area contributed by atoms with E-state index in [0.717, 1.165) is 5.52 Å². The predicted octanol–water partition coefficient (Wildman–Crippen LogP) is 4.22. The van der Waals surface area contributed by atoms with Crippen molar-refractivity contribution in [1.29, 1.82) is 5.26 Å². The lowest BCUT2D eigenvalue weighted by Gasteiger charge is -2.09. The maximum Gasteiger partial charge on any atom is 0.182 e. The van der Waals surface area contributed by atoms with Crippen LogP contribution in [0, 0.1) is 16.1 Å². The summed E-state index contributed by atoms with van der Waals surface area (Å²) >= 11 is 11.7. The Labute approximate surface area is 131 Å². The van der Waals surface area contributed by atoms with Crippen molar-refractivity contribution >= 4 is 34.9 Å². The number of halogens is 1. The number of nitrogens with one attached hydrogen (secondary N) is 1. The molecule has 0 fully saturated rings. The highest BCUT2D eigenvalue weighted by Gasteiger charge is 2.13. The lowest BCUT2D eigenvalue weighted by atomic mass is 10.2. The van der Waals surface area contributed by atoms with Crippen molar-refractivity contribution in [3.8, 4) is 17.5 Å². The van der Waals surface area contributed by atoms with Crippen LogP contribution in [-0.4, -0.2) is 16.7 Å². The minimum Gasteiger partial charge on any atom is -0.497 e. The molecule has 0 amide bonds. The molecule has 0 bridgehead atoms. The third-order valence-electron chi connectivity index (χ3n) is 3.23. The number of aromatic nitrogens is 2. The van der Waals surface area contributed by atoms with Crippen LogP contribution in [0.2, 0.25) is 5.02 Å². The van der Waals surface area contributed by atoms with Gasteiger partial charge in [-0.1, -0.05) is 17.7 Å². The number of benzene rings is 2. The number of para-hydroxylation sites is 1. The lowest BCUT2D eigenvalue weighted by Crippen LogP contribution is -1.96. The van der Waals surface area contributed by atoms with E-state index in [1.165, 1.54) is 0 Å². The molecule has 0 unspecified atom stereocenters. The second-order valence-electron chi connectivity index (χ2n) is 4.39. The summed E-state index contributed by atoms with van der Waals surface area (Å²) < 4.78 is 7.51. The minimum absolute atomic E-state index is 0.475. The van der Waals surface area contributed by atoms with Crippen LogP contribution in [0.3, 0.4) is 0 Å². The zero-order valence-corrected chi connectivity index (χ0v) is 12.6. The zero-order valence-electron chi connectivity index (χ0n) is 11.1. The molecule has 6 heteroatoms. The topological polar surface area (TPSA) is 53.7 Å². The van der Waals surface area contributed by atoms with Gasteiger partial charge in [0.2, 0.25) is 0 Å². The van der Waals surface area contributed by atoms with Crippen molar-refractivity contribution in [2.45, 2.75) is 0 Å². The van der Waals surface area contributed by atoms with Crippen LogP contribution in [0.15, 0.2) is 36.4 Å². The fourth-order valence-electron chi connectivity index (χ4n) is 2.25. The second kappa shape index (κ2) is 5.24. The van der Waals surface area contributed by atoms with Crippen molar-refractivity contribution < 1.29 is 4.74 Å². The van der Waals surface area contributed by atoms with Crippen LogP contribution < -0.4 is 4.74 Å². The monoisotopic (exact) mass is 315 g/mol. The van der Waals surface area contributed by atoms with Gasteiger partial charge in [-0.2, -0.15) is 5.26 Å². The molecule has 4 nitrogen and oxygen atoms in total. The summed E-state index contributed by atoms with van der Waals surface area (Å²) in [7, 11) is 1.59. The summed E-state index contributed by atoms with van der Waals surface area (Å²) in [4.78, 5) is 3.07. The molecule has 0 aliphatic rings. The summed E-state index contributed by atoms with van der Waals surface area (Å²) in [6, 6.07) is 12.9. The number of aromatic amines is 1. The number of rotatable bonds is 2. The Kier molecular flexibility index (Phi) is 3.42. The van der Waals surface area contributed by atoms with Crippen LogP contribution in [0.25, 0.3) is 16.7 Å². The largest absolute Gasteiger partial charge is 0.497 e. The van der Waals surface area contributed by atoms with E-state index in [4.69, 9.17) is 28.6 Å². The molecule has 3 rings (SSSR count). The highest BCUT2D eigenvalue weighted by Crippen LogP contribution is 2.29. The summed E-state index contributed by atoms with van der Waals surface area (Å²) in [5.74, 6) is 0.682. The maximum atomic E-state index is 9.18. The number of fused-ring (bicyclic) bond motifs is 1. The van der Waals surface area contributed by atoms with Gasteiger partial charge in [0.25, 0.3) is 0 Å². The Bertz CT molecular complexity index is 936. The SMILES string of the molecule is COc1ccc(Cl)c(-n2c(=S)[nH]c3c(C#N)cccc32)c1. The van der Waals surface area contributed by atoms with Crippen molar-refractivity contribution in [3.05, 3.63) is 51.8 Å². The summed E-state index contributed by atoms with van der Waals surface area (Å²) in [5, 5.41) is 9.73. The Hall–Kier alpha value is -2.29. The van der Waals surface area contributed by atoms with Gasteiger partial charge in [-0.3, -0.25) is 4.57 Å². The molecule has 1 N–H and O–H groups in total. The fourth-order valence-corrected chi connectivity index (χ4v) is 2.75. The van der Waals surface area contributed by atoms with Gasteiger partial charge in [0.05, 0.1) is 34.4 Å². The van der Waals surface area contributed by atoms with Crippen molar-refractivity contribution in [2.75, 3.05) is 7.11 Å². The normalized spacial score (nSPS) is 10.5. The molecule has 0 saturated carbocycles. The molecule has 0 spiro atoms. The molecular weight excluding hydrogens is 306 g/mol. The number of nitriles is 1. The fraction of sp³-hybridized carbons (Fsp3) is 0.0667. The Morgan fingerprint density at radius 3 is 2.86 bits per heavy atom. The second-order valence-corrected chi connectivity index (χ2v) is 5.19. The molecule has 0 aliphatic carbocycles. The maximum absolute atomic E-state index is 9.18. The van der Waals surface area contributed by atoms with Crippen LogP contribution >= 0.6 is 23.8 Å². The molecular formula is C15H10ClN3OS. The minimum atomic E-state index is 0.475. The van der Waals surface area contributed by atoms with E-state index in [1.54, 1.807) is 29.9 Å². The van der Waals surface area contributed by atoms with Gasteiger partial charge in [0.15, 0.2) is 4.77 Å². The van der Waals surface area contributed by atoms with E-state index in [1.807, 2.05) is 18.2 Å². The molecule has 1 aromatic heterocycles. The number of imidazole rings is 1. The van der Waals surface area contributed by atoms with Gasteiger partial charge in [-0.05, 0) is 36.5 Å². The molecule has 0 radical (unpaired) electrons. The first-order valence-corrected chi connectivity index (χ1v) is 6.92. The Morgan fingerprint density at radius 2 is 2.14 bits per heavy atom. The standard InChI is InChI=1S/C15H10ClN3OS/c1-20-10-5-6-11(16)13(7-10)19-12-4-2-3-9(8-17)14(12)18-15(19)21/h2-7H,1H3,(H,18,21). The van der Waals surface area contributed by atoms with Crippen molar-refractivity contribution in [3.63, 3.8) is 0 Å². The smallest absolute Gasteiger partial charge is 0.182 e. The van der Waals surface area contributed by atoms with E-state index < -0.39 is 0 Å². The number of nitrogens with zero attached hydrogens (tertiary/aromatic N) is 2. The van der Waals surface area contributed by atoms with Gasteiger partial charge >= 0.3 is 0 Å². The molecule has 0 aliphatic heterocycles. The lowest BCUT2D eigenvalue weighted by molar-refractivity contribution is 0.414. The summed E-state index contributed by atoms with van der Waals surface area (Å²) in [6.45, 7) is 0. The number of H-pyrrole nitrogens is 1. The van der Waals surface area contributed by atoms with Gasteiger partial charge in [0.1, 0.15) is 11.8 Å². The third kappa shape index (κ3) is 2.19. The molecule has 2 aromatic carbocycles. The Morgan fingerprint density at radius 1 is 1.33 bits per heavy atom. The molecule has 104 valence electrons. The van der Waals surface area contributed by atoms with E-state index in [2.05, 4.69) is 11.1 Å². The van der Waals surface area contributed by atoms with E-state index in [-0.39, 0.29) is 0 Å². The van der Waals surface area contributed by atoms with Crippen LogP contribution in [0.4, 0.5) is 0 Å². The molecule has 3 aromatic rings. The number of hydrogen-bond acceptors (Lipinski definition) is 3. The summed E-state index contributed by atoms with van der Waals surface area (Å²) in [6.07, 6.45) is 0. The van der Waals surface area contributed by atoms with E-state index >= 15 is 0 Å². The Balaban J connectivity index is 2.39. The number of methoxy groups -OCH3 is 1. The first-order chi connectivity index (χ1) is 10.2. The highest BCUT2D eigenvalue weighted by molar-refractivity contribution is 7.71. The van der Waals surface area contributed by atoms with Crippen LogP contribution in [0.5, 0.6) is 5.75 Å².